The number of hydrogen-bond acceptors (Lipinski definition) is 5. The topological polar surface area (TPSA) is 65.0 Å². The summed E-state index contributed by atoms with van der Waals surface area (Å²) in [5.74, 6) is -0.352. The highest BCUT2D eigenvalue weighted by Gasteiger charge is 2.29. The second-order valence-electron chi connectivity index (χ2n) is 6.38. The van der Waals surface area contributed by atoms with Crippen molar-refractivity contribution in [2.24, 2.45) is 0 Å². The number of nitrogens with zero attached hydrogens (tertiary/aromatic N) is 3. The van der Waals surface area contributed by atoms with Crippen LogP contribution in [0.25, 0.3) is 11.1 Å². The van der Waals surface area contributed by atoms with Gasteiger partial charge in [-0.15, -0.1) is 0 Å². The van der Waals surface area contributed by atoms with Crippen molar-refractivity contribution in [2.45, 2.75) is 25.9 Å². The van der Waals surface area contributed by atoms with Crippen molar-refractivity contribution in [2.75, 3.05) is 6.61 Å². The first-order valence-corrected chi connectivity index (χ1v) is 8.91. The maximum Gasteiger partial charge on any atom is 0.422 e. The number of ketones is 1. The fourth-order valence-corrected chi connectivity index (χ4v) is 2.71. The third-order valence-corrected chi connectivity index (χ3v) is 4.20. The van der Waals surface area contributed by atoms with E-state index in [4.69, 9.17) is 4.74 Å². The van der Waals surface area contributed by atoms with Gasteiger partial charge in [-0.25, -0.2) is 15.0 Å². The molecule has 3 rings (SSSR count). The Bertz CT molecular complexity index is 975. The summed E-state index contributed by atoms with van der Waals surface area (Å²) < 4.78 is 42.7. The molecule has 0 saturated heterocycles. The Labute approximate surface area is 165 Å². The van der Waals surface area contributed by atoms with Crippen molar-refractivity contribution in [3.05, 3.63) is 71.9 Å². The predicted molar refractivity (Wildman–Crippen MR) is 101 cm³/mol. The quantitative estimate of drug-likeness (QED) is 0.547. The largest absolute Gasteiger partial charge is 0.468 e. The van der Waals surface area contributed by atoms with Gasteiger partial charge in [0.15, 0.2) is 12.4 Å². The van der Waals surface area contributed by atoms with E-state index in [-0.39, 0.29) is 18.1 Å². The normalized spacial score (nSPS) is 11.3. The lowest BCUT2D eigenvalue weighted by Crippen LogP contribution is -2.20. The van der Waals surface area contributed by atoms with E-state index >= 15 is 0 Å². The number of rotatable bonds is 7. The molecule has 0 amide bonds. The molecule has 0 atom stereocenters. The fraction of sp³-hybridized carbons (Fsp3) is 0.238. The second kappa shape index (κ2) is 8.81. The Hall–Kier alpha value is -3.29. The molecular formula is C21H18F3N3O2. The number of benzene rings is 1. The third-order valence-electron chi connectivity index (χ3n) is 4.20. The minimum atomic E-state index is -4.48. The number of alkyl halides is 3. The number of pyridine rings is 1. The van der Waals surface area contributed by atoms with Gasteiger partial charge < -0.3 is 4.74 Å². The average molecular weight is 401 g/mol. The summed E-state index contributed by atoms with van der Waals surface area (Å²) in [5, 5.41) is 0. The number of aromatic nitrogens is 3. The van der Waals surface area contributed by atoms with Gasteiger partial charge in [0.1, 0.15) is 6.33 Å². The number of carbonyl (C=O) groups excluding carboxylic acids is 1. The van der Waals surface area contributed by atoms with Crippen LogP contribution in [0.2, 0.25) is 0 Å². The standard InChI is InChI=1S/C21H18F3N3O2/c1-2-14-3-5-16(6-4-14)18-7-15(8-19(28)17-10-25-13-26-11-17)9-27-20(18)29-12-21(22,23)24/h3-7,9-11,13H,2,8,12H2,1H3. The lowest BCUT2D eigenvalue weighted by molar-refractivity contribution is -0.154. The number of carbonyl (C=O) groups is 1. The Kier molecular flexibility index (Phi) is 6.21. The van der Waals surface area contributed by atoms with Gasteiger partial charge in [-0.05, 0) is 29.2 Å². The van der Waals surface area contributed by atoms with Crippen LogP contribution in [-0.4, -0.2) is 33.5 Å². The van der Waals surface area contributed by atoms with E-state index in [0.717, 1.165) is 12.0 Å². The SMILES string of the molecule is CCc1ccc(-c2cc(CC(=O)c3cncnc3)cnc2OCC(F)(F)F)cc1. The number of hydrogen-bond donors (Lipinski definition) is 0. The predicted octanol–water partition coefficient (Wildman–Crippen LogP) is 4.47. The summed E-state index contributed by atoms with van der Waals surface area (Å²) in [5.41, 5.74) is 3.04. The average Bonchev–Trinajstić information content (AvgIpc) is 2.73. The summed E-state index contributed by atoms with van der Waals surface area (Å²) in [6.45, 7) is 0.563. The summed E-state index contributed by atoms with van der Waals surface area (Å²) in [4.78, 5) is 24.1. The van der Waals surface area contributed by atoms with Crippen molar-refractivity contribution < 1.29 is 22.7 Å². The summed E-state index contributed by atoms with van der Waals surface area (Å²) in [6.07, 6.45) is 1.86. The van der Waals surface area contributed by atoms with Gasteiger partial charge >= 0.3 is 6.18 Å². The monoisotopic (exact) mass is 401 g/mol. The van der Waals surface area contributed by atoms with Crippen molar-refractivity contribution in [1.82, 2.24) is 15.0 Å². The fourth-order valence-electron chi connectivity index (χ4n) is 2.71. The lowest BCUT2D eigenvalue weighted by atomic mass is 10.00. The highest BCUT2D eigenvalue weighted by Crippen LogP contribution is 2.31. The highest BCUT2D eigenvalue weighted by atomic mass is 19.4. The van der Waals surface area contributed by atoms with Crippen LogP contribution in [0.3, 0.4) is 0 Å². The first kappa shape index (κ1) is 20.4. The van der Waals surface area contributed by atoms with E-state index in [9.17, 15) is 18.0 Å². The van der Waals surface area contributed by atoms with Gasteiger partial charge in [0.05, 0.1) is 5.56 Å². The van der Waals surface area contributed by atoms with Crippen LogP contribution in [0.4, 0.5) is 13.2 Å². The van der Waals surface area contributed by atoms with Crippen LogP contribution in [0, 0.1) is 0 Å². The van der Waals surface area contributed by atoms with Crippen LogP contribution in [0.15, 0.2) is 55.2 Å². The van der Waals surface area contributed by atoms with Crippen LogP contribution in [0.1, 0.15) is 28.4 Å². The Balaban J connectivity index is 1.92. The van der Waals surface area contributed by atoms with Crippen LogP contribution in [-0.2, 0) is 12.8 Å². The number of Topliss-reactive ketones (excluding diaryl/α,β-unsaturated/α-hetero) is 1. The first-order valence-electron chi connectivity index (χ1n) is 8.91. The molecule has 0 radical (unpaired) electrons. The first-order chi connectivity index (χ1) is 13.9. The Morgan fingerprint density at radius 1 is 1.03 bits per heavy atom. The molecule has 0 bridgehead atoms. The van der Waals surface area contributed by atoms with Gasteiger partial charge in [0, 0.05) is 30.6 Å². The van der Waals surface area contributed by atoms with E-state index in [1.807, 2.05) is 19.1 Å². The minimum absolute atomic E-state index is 0.0139. The van der Waals surface area contributed by atoms with Crippen molar-refractivity contribution >= 4 is 5.78 Å². The molecule has 2 heterocycles. The molecule has 0 N–H and O–H groups in total. The zero-order valence-corrected chi connectivity index (χ0v) is 15.6. The van der Waals surface area contributed by atoms with Crippen LogP contribution in [0.5, 0.6) is 5.88 Å². The van der Waals surface area contributed by atoms with Crippen molar-refractivity contribution in [1.29, 1.82) is 0 Å². The van der Waals surface area contributed by atoms with E-state index in [0.29, 0.717) is 22.3 Å². The number of halogens is 3. The molecule has 3 aromatic rings. The number of aryl methyl sites for hydroxylation is 1. The summed E-state index contributed by atoms with van der Waals surface area (Å²) in [6, 6.07) is 9.01. The maximum atomic E-state index is 12.6. The zero-order valence-electron chi connectivity index (χ0n) is 15.6. The van der Waals surface area contributed by atoms with Crippen molar-refractivity contribution in [3.8, 4) is 17.0 Å². The minimum Gasteiger partial charge on any atom is -0.468 e. The summed E-state index contributed by atoms with van der Waals surface area (Å²) in [7, 11) is 0. The second-order valence-corrected chi connectivity index (χ2v) is 6.38. The summed E-state index contributed by atoms with van der Waals surface area (Å²) >= 11 is 0. The van der Waals surface area contributed by atoms with Crippen LogP contribution < -0.4 is 4.74 Å². The van der Waals surface area contributed by atoms with Gasteiger partial charge in [-0.2, -0.15) is 13.2 Å². The Morgan fingerprint density at radius 3 is 2.34 bits per heavy atom. The molecule has 150 valence electrons. The van der Waals surface area contributed by atoms with E-state index in [2.05, 4.69) is 15.0 Å². The highest BCUT2D eigenvalue weighted by molar-refractivity contribution is 5.97. The van der Waals surface area contributed by atoms with Gasteiger partial charge in [-0.3, -0.25) is 4.79 Å². The molecule has 2 aromatic heterocycles. The van der Waals surface area contributed by atoms with E-state index in [1.165, 1.54) is 24.9 Å². The molecule has 0 spiro atoms. The van der Waals surface area contributed by atoms with Gasteiger partial charge in [0.2, 0.25) is 5.88 Å². The molecular weight excluding hydrogens is 383 g/mol. The maximum absolute atomic E-state index is 12.6. The van der Waals surface area contributed by atoms with E-state index < -0.39 is 12.8 Å². The molecule has 1 aromatic carbocycles. The van der Waals surface area contributed by atoms with Crippen molar-refractivity contribution in [3.63, 3.8) is 0 Å². The molecule has 29 heavy (non-hydrogen) atoms. The smallest absolute Gasteiger partial charge is 0.422 e. The van der Waals surface area contributed by atoms with Gasteiger partial charge in [0.25, 0.3) is 0 Å². The van der Waals surface area contributed by atoms with Gasteiger partial charge in [-0.1, -0.05) is 31.2 Å². The molecule has 0 aliphatic heterocycles. The van der Waals surface area contributed by atoms with Crippen LogP contribution >= 0.6 is 0 Å². The molecule has 0 saturated carbocycles. The molecule has 0 aliphatic rings. The molecule has 0 aliphatic carbocycles. The zero-order chi connectivity index (χ0) is 20.9. The molecule has 0 fully saturated rings. The molecule has 0 unspecified atom stereocenters. The van der Waals surface area contributed by atoms with E-state index in [1.54, 1.807) is 18.2 Å². The third kappa shape index (κ3) is 5.60. The lowest BCUT2D eigenvalue weighted by Gasteiger charge is -2.14. The molecule has 5 nitrogen and oxygen atoms in total. The molecule has 8 heteroatoms. The Morgan fingerprint density at radius 2 is 1.72 bits per heavy atom. The number of ether oxygens (including phenoxy) is 1.